The summed E-state index contributed by atoms with van der Waals surface area (Å²) >= 11 is 5.32. The van der Waals surface area contributed by atoms with E-state index < -0.39 is 0 Å². The average Bonchev–Trinajstić information content (AvgIpc) is 3.15. The maximum absolute atomic E-state index is 6.27. The second-order valence-corrected chi connectivity index (χ2v) is 8.55. The fourth-order valence-electron chi connectivity index (χ4n) is 2.97. The Balaban J connectivity index is 0.00000243. The number of nitrogens with two attached hydrogens (primary N) is 1. The second kappa shape index (κ2) is 9.36. The summed E-state index contributed by atoms with van der Waals surface area (Å²) in [6.07, 6.45) is 1.85. The summed E-state index contributed by atoms with van der Waals surface area (Å²) in [7, 11) is 0. The molecule has 0 atom stereocenters. The zero-order chi connectivity index (χ0) is 17.9. The number of guanidine groups is 1. The van der Waals surface area contributed by atoms with Gasteiger partial charge >= 0.3 is 0 Å². The first-order chi connectivity index (χ1) is 12.0. The molecule has 0 saturated carbocycles. The van der Waals surface area contributed by atoms with Crippen molar-refractivity contribution in [1.82, 2.24) is 9.88 Å². The molecule has 5 nitrogen and oxygen atoms in total. The van der Waals surface area contributed by atoms with Gasteiger partial charge in [0.2, 0.25) is 0 Å². The Bertz CT molecular complexity index is 727. The van der Waals surface area contributed by atoms with Crippen molar-refractivity contribution in [2.75, 3.05) is 37.6 Å². The molecule has 2 aromatic rings. The number of rotatable bonds is 4. The van der Waals surface area contributed by atoms with Gasteiger partial charge in [0.25, 0.3) is 0 Å². The normalized spacial score (nSPS) is 15.7. The van der Waals surface area contributed by atoms with Gasteiger partial charge in [-0.25, -0.2) is 4.98 Å². The number of benzene rings is 1. The van der Waals surface area contributed by atoms with Crippen LogP contribution in [0.3, 0.4) is 0 Å². The van der Waals surface area contributed by atoms with Crippen LogP contribution in [0.1, 0.15) is 19.4 Å². The number of aliphatic imine (C=N–C) groups is 1. The fourth-order valence-corrected chi connectivity index (χ4v) is 4.49. The highest BCUT2D eigenvalue weighted by atomic mass is 127. The van der Waals surface area contributed by atoms with E-state index in [1.165, 1.54) is 5.56 Å². The Labute approximate surface area is 184 Å². The van der Waals surface area contributed by atoms with Gasteiger partial charge in [-0.2, -0.15) is 0 Å². The van der Waals surface area contributed by atoms with Gasteiger partial charge in [-0.15, -0.1) is 35.3 Å². The summed E-state index contributed by atoms with van der Waals surface area (Å²) in [5.41, 5.74) is 7.44. The van der Waals surface area contributed by atoms with Crippen LogP contribution in [-0.2, 0) is 5.41 Å². The van der Waals surface area contributed by atoms with E-state index in [4.69, 9.17) is 10.7 Å². The Morgan fingerprint density at radius 1 is 1.27 bits per heavy atom. The SMILES string of the molecule is CC(C)(CN=C(N)N1CCN(c2nccs2)CC1)c1ccccc1Br.I. The van der Waals surface area contributed by atoms with Crippen molar-refractivity contribution in [1.29, 1.82) is 0 Å². The van der Waals surface area contributed by atoms with Gasteiger partial charge in [0.1, 0.15) is 0 Å². The number of aromatic nitrogens is 1. The van der Waals surface area contributed by atoms with Crippen molar-refractivity contribution < 1.29 is 0 Å². The van der Waals surface area contributed by atoms with Crippen LogP contribution in [0.5, 0.6) is 0 Å². The third kappa shape index (κ3) is 5.10. The molecule has 8 heteroatoms. The van der Waals surface area contributed by atoms with Crippen molar-refractivity contribution in [2.24, 2.45) is 10.7 Å². The minimum Gasteiger partial charge on any atom is -0.370 e. The first-order valence-electron chi connectivity index (χ1n) is 8.42. The van der Waals surface area contributed by atoms with Crippen molar-refractivity contribution in [3.05, 3.63) is 45.9 Å². The summed E-state index contributed by atoms with van der Waals surface area (Å²) < 4.78 is 1.12. The summed E-state index contributed by atoms with van der Waals surface area (Å²) in [4.78, 5) is 13.5. The van der Waals surface area contributed by atoms with E-state index in [0.717, 1.165) is 35.8 Å². The van der Waals surface area contributed by atoms with E-state index in [9.17, 15) is 0 Å². The summed E-state index contributed by atoms with van der Waals surface area (Å²) in [5.74, 6) is 0.638. The Morgan fingerprint density at radius 3 is 2.58 bits per heavy atom. The number of anilines is 1. The van der Waals surface area contributed by atoms with E-state index in [-0.39, 0.29) is 29.4 Å². The van der Waals surface area contributed by atoms with Crippen LogP contribution in [0.4, 0.5) is 5.13 Å². The molecule has 1 fully saturated rings. The van der Waals surface area contributed by atoms with Crippen LogP contribution >= 0.6 is 51.2 Å². The van der Waals surface area contributed by atoms with E-state index in [0.29, 0.717) is 12.5 Å². The van der Waals surface area contributed by atoms with Crippen LogP contribution in [0.2, 0.25) is 0 Å². The number of piperazine rings is 1. The van der Waals surface area contributed by atoms with Gasteiger partial charge in [0, 0.05) is 47.6 Å². The molecule has 0 radical (unpaired) electrons. The zero-order valence-electron chi connectivity index (χ0n) is 15.1. The predicted molar refractivity (Wildman–Crippen MR) is 125 cm³/mol. The predicted octanol–water partition coefficient (Wildman–Crippen LogP) is 3.94. The quantitative estimate of drug-likeness (QED) is 0.356. The first kappa shape index (κ1) is 21.4. The molecular formula is C18H25BrIN5S. The molecule has 1 aliphatic rings. The van der Waals surface area contributed by atoms with Gasteiger partial charge in [-0.3, -0.25) is 4.99 Å². The number of hydrogen-bond donors (Lipinski definition) is 1. The lowest BCUT2D eigenvalue weighted by atomic mass is 9.85. The lowest BCUT2D eigenvalue weighted by Gasteiger charge is -2.35. The molecule has 142 valence electrons. The molecule has 1 aromatic heterocycles. The zero-order valence-corrected chi connectivity index (χ0v) is 19.8. The molecular weight excluding hydrogens is 525 g/mol. The van der Waals surface area contributed by atoms with E-state index in [1.54, 1.807) is 11.3 Å². The van der Waals surface area contributed by atoms with Crippen LogP contribution in [0, 0.1) is 0 Å². The molecule has 0 bridgehead atoms. The Kier molecular flexibility index (Phi) is 7.72. The molecule has 3 rings (SSSR count). The largest absolute Gasteiger partial charge is 0.370 e. The number of halogens is 2. The molecule has 2 N–H and O–H groups in total. The van der Waals surface area contributed by atoms with Gasteiger partial charge in [-0.1, -0.05) is 48.0 Å². The molecule has 26 heavy (non-hydrogen) atoms. The maximum Gasteiger partial charge on any atom is 0.191 e. The Hall–Kier alpha value is -0.870. The van der Waals surface area contributed by atoms with Crippen molar-refractivity contribution in [3.63, 3.8) is 0 Å². The lowest BCUT2D eigenvalue weighted by Crippen LogP contribution is -2.51. The highest BCUT2D eigenvalue weighted by Crippen LogP contribution is 2.30. The molecule has 0 amide bonds. The summed E-state index contributed by atoms with van der Waals surface area (Å²) in [5, 5.41) is 3.10. The number of hydrogen-bond acceptors (Lipinski definition) is 4. The molecule has 0 aliphatic carbocycles. The molecule has 1 aromatic carbocycles. The summed E-state index contributed by atoms with van der Waals surface area (Å²) in [6.45, 7) is 8.67. The molecule has 1 aliphatic heterocycles. The van der Waals surface area contributed by atoms with E-state index >= 15 is 0 Å². The highest BCUT2D eigenvalue weighted by Gasteiger charge is 2.24. The van der Waals surface area contributed by atoms with E-state index in [1.807, 2.05) is 17.6 Å². The fraction of sp³-hybridized carbons (Fsp3) is 0.444. The minimum atomic E-state index is -0.0760. The van der Waals surface area contributed by atoms with Crippen molar-refractivity contribution in [2.45, 2.75) is 19.3 Å². The molecule has 2 heterocycles. The third-order valence-corrected chi connectivity index (χ3v) is 6.06. The van der Waals surface area contributed by atoms with Crippen LogP contribution in [0.15, 0.2) is 45.3 Å². The van der Waals surface area contributed by atoms with Gasteiger partial charge in [0.05, 0.1) is 6.54 Å². The smallest absolute Gasteiger partial charge is 0.191 e. The third-order valence-electron chi connectivity index (χ3n) is 4.53. The highest BCUT2D eigenvalue weighted by molar-refractivity contribution is 14.0. The molecule has 0 unspecified atom stereocenters. The maximum atomic E-state index is 6.27. The lowest BCUT2D eigenvalue weighted by molar-refractivity contribution is 0.378. The standard InChI is InChI=1S/C18H24BrN5S.HI/c1-18(2,14-5-3-4-6-15(14)19)13-22-16(20)23-8-10-24(11-9-23)17-21-7-12-25-17;/h3-7,12H,8-11,13H2,1-2H3,(H2,20,22);1H. The number of thiazole rings is 1. The topological polar surface area (TPSA) is 57.8 Å². The average molecular weight is 550 g/mol. The van der Waals surface area contributed by atoms with E-state index in [2.05, 4.69) is 62.8 Å². The van der Waals surface area contributed by atoms with Crippen LogP contribution in [-0.4, -0.2) is 48.6 Å². The Morgan fingerprint density at radius 2 is 1.96 bits per heavy atom. The molecule has 1 saturated heterocycles. The van der Waals surface area contributed by atoms with Gasteiger partial charge < -0.3 is 15.5 Å². The number of nitrogens with zero attached hydrogens (tertiary/aromatic N) is 4. The van der Waals surface area contributed by atoms with Crippen molar-refractivity contribution in [3.8, 4) is 0 Å². The monoisotopic (exact) mass is 549 g/mol. The van der Waals surface area contributed by atoms with Crippen LogP contribution < -0.4 is 10.6 Å². The molecule has 0 spiro atoms. The first-order valence-corrected chi connectivity index (χ1v) is 10.1. The van der Waals surface area contributed by atoms with Gasteiger partial charge in [-0.05, 0) is 11.6 Å². The second-order valence-electron chi connectivity index (χ2n) is 6.83. The van der Waals surface area contributed by atoms with Crippen molar-refractivity contribution >= 4 is 62.3 Å². The van der Waals surface area contributed by atoms with Gasteiger partial charge in [0.15, 0.2) is 11.1 Å². The minimum absolute atomic E-state index is 0. The van der Waals surface area contributed by atoms with Crippen LogP contribution in [0.25, 0.3) is 0 Å². The summed E-state index contributed by atoms with van der Waals surface area (Å²) in [6, 6.07) is 8.31.